The molecule has 102 valence electrons. The molecule has 0 radical (unpaired) electrons. The molecule has 0 aliphatic heterocycles. The Kier molecular flexibility index (Phi) is 7.38. The van der Waals surface area contributed by atoms with Gasteiger partial charge in [0.25, 0.3) is 0 Å². The Hall–Kier alpha value is -0.620. The van der Waals surface area contributed by atoms with Crippen molar-refractivity contribution in [2.24, 2.45) is 0 Å². The van der Waals surface area contributed by atoms with Crippen LogP contribution in [0, 0.1) is 0 Å². The van der Waals surface area contributed by atoms with E-state index in [4.69, 9.17) is 0 Å². The van der Waals surface area contributed by atoms with Gasteiger partial charge in [-0.3, -0.25) is 4.79 Å². The van der Waals surface area contributed by atoms with Gasteiger partial charge in [-0.1, -0.05) is 6.92 Å². The Balaban J connectivity index is 3.73. The van der Waals surface area contributed by atoms with Gasteiger partial charge in [0.1, 0.15) is 9.84 Å². The molecule has 2 N–H and O–H groups in total. The number of amides is 1. The molecule has 0 aliphatic rings. The lowest BCUT2D eigenvalue weighted by atomic mass is 10.2. The normalized spacial score (nSPS) is 15.3. The van der Waals surface area contributed by atoms with Crippen LogP contribution in [0.4, 0.5) is 0 Å². The van der Waals surface area contributed by atoms with E-state index in [2.05, 4.69) is 10.6 Å². The maximum Gasteiger partial charge on any atom is 0.221 e. The number of nitrogens with one attached hydrogen (secondary N) is 2. The van der Waals surface area contributed by atoms with E-state index >= 15 is 0 Å². The van der Waals surface area contributed by atoms with E-state index in [9.17, 15) is 13.2 Å². The van der Waals surface area contributed by atoms with Gasteiger partial charge in [0.2, 0.25) is 5.91 Å². The number of carbonyl (C=O) groups excluding carboxylic acids is 1. The number of rotatable bonds is 8. The predicted octanol–water partition coefficient (Wildman–Crippen LogP) is 0.314. The molecule has 0 spiro atoms. The smallest absolute Gasteiger partial charge is 0.221 e. The second-order valence-corrected chi connectivity index (χ2v) is 6.76. The zero-order valence-electron chi connectivity index (χ0n) is 11.1. The van der Waals surface area contributed by atoms with Crippen LogP contribution in [0.3, 0.4) is 0 Å². The second-order valence-electron chi connectivity index (χ2n) is 4.57. The minimum Gasteiger partial charge on any atom is -0.354 e. The summed E-state index contributed by atoms with van der Waals surface area (Å²) in [5, 5.41) is 5.88. The lowest BCUT2D eigenvalue weighted by Gasteiger charge is -2.14. The van der Waals surface area contributed by atoms with E-state index in [1.54, 1.807) is 6.92 Å². The highest BCUT2D eigenvalue weighted by molar-refractivity contribution is 7.90. The largest absolute Gasteiger partial charge is 0.354 e. The van der Waals surface area contributed by atoms with Gasteiger partial charge in [0.05, 0.1) is 5.75 Å². The highest BCUT2D eigenvalue weighted by Gasteiger charge is 2.10. The van der Waals surface area contributed by atoms with Crippen LogP contribution in [0.15, 0.2) is 0 Å². The standard InChI is InChI=1S/C11H24N2O3S/c1-5-9(2)13-11(14)6-7-12-10(3)8-17(4,15)16/h9-10,12H,5-8H2,1-4H3,(H,13,14). The van der Waals surface area contributed by atoms with E-state index in [1.165, 1.54) is 6.26 Å². The first-order chi connectivity index (χ1) is 7.74. The topological polar surface area (TPSA) is 75.3 Å². The number of hydrogen-bond acceptors (Lipinski definition) is 4. The molecule has 2 atom stereocenters. The number of carbonyl (C=O) groups is 1. The summed E-state index contributed by atoms with van der Waals surface area (Å²) in [7, 11) is -2.96. The summed E-state index contributed by atoms with van der Waals surface area (Å²) >= 11 is 0. The Morgan fingerprint density at radius 3 is 2.29 bits per heavy atom. The molecule has 0 aromatic rings. The minimum atomic E-state index is -2.96. The fraction of sp³-hybridized carbons (Fsp3) is 0.909. The van der Waals surface area contributed by atoms with Crippen LogP contribution in [-0.2, 0) is 14.6 Å². The molecular weight excluding hydrogens is 240 g/mol. The monoisotopic (exact) mass is 264 g/mol. The van der Waals surface area contributed by atoms with Gasteiger partial charge in [0.15, 0.2) is 0 Å². The molecule has 0 saturated carbocycles. The molecule has 0 fully saturated rings. The van der Waals surface area contributed by atoms with Crippen molar-refractivity contribution in [1.82, 2.24) is 10.6 Å². The second kappa shape index (κ2) is 7.66. The maximum atomic E-state index is 11.4. The summed E-state index contributed by atoms with van der Waals surface area (Å²) in [6.07, 6.45) is 2.49. The van der Waals surface area contributed by atoms with Gasteiger partial charge in [-0.25, -0.2) is 8.42 Å². The van der Waals surface area contributed by atoms with Crippen LogP contribution in [-0.4, -0.2) is 45.0 Å². The molecule has 1 amide bonds. The summed E-state index contributed by atoms with van der Waals surface area (Å²) in [6, 6.07) is 0.0670. The molecule has 5 nitrogen and oxygen atoms in total. The van der Waals surface area contributed by atoms with Gasteiger partial charge in [-0.2, -0.15) is 0 Å². The van der Waals surface area contributed by atoms with Gasteiger partial charge in [-0.05, 0) is 20.3 Å². The van der Waals surface area contributed by atoms with Crippen molar-refractivity contribution in [3.63, 3.8) is 0 Å². The fourth-order valence-corrected chi connectivity index (χ4v) is 2.42. The number of hydrogen-bond donors (Lipinski definition) is 2. The molecular formula is C11H24N2O3S. The van der Waals surface area contributed by atoms with Crippen molar-refractivity contribution in [2.75, 3.05) is 18.6 Å². The molecule has 0 aliphatic carbocycles. The fourth-order valence-electron chi connectivity index (χ4n) is 1.39. The summed E-state index contributed by atoms with van der Waals surface area (Å²) < 4.78 is 22.0. The average Bonchev–Trinajstić information content (AvgIpc) is 2.14. The van der Waals surface area contributed by atoms with E-state index in [-0.39, 0.29) is 23.7 Å². The highest BCUT2D eigenvalue weighted by Crippen LogP contribution is 1.92. The molecule has 0 bridgehead atoms. The molecule has 0 heterocycles. The first-order valence-electron chi connectivity index (χ1n) is 5.95. The molecule has 17 heavy (non-hydrogen) atoms. The third-order valence-electron chi connectivity index (χ3n) is 2.42. The third-order valence-corrected chi connectivity index (χ3v) is 3.52. The summed E-state index contributed by atoms with van der Waals surface area (Å²) in [5.74, 6) is 0.0957. The summed E-state index contributed by atoms with van der Waals surface area (Å²) in [6.45, 7) is 6.27. The Labute approximate surface area is 104 Å². The highest BCUT2D eigenvalue weighted by atomic mass is 32.2. The van der Waals surface area contributed by atoms with Crippen LogP contribution in [0.5, 0.6) is 0 Å². The molecule has 0 rings (SSSR count). The SMILES string of the molecule is CCC(C)NC(=O)CCNC(C)CS(C)(=O)=O. The van der Waals surface area contributed by atoms with Gasteiger partial charge in [-0.15, -0.1) is 0 Å². The summed E-state index contributed by atoms with van der Waals surface area (Å²) in [4.78, 5) is 11.4. The van der Waals surface area contributed by atoms with Crippen molar-refractivity contribution < 1.29 is 13.2 Å². The van der Waals surface area contributed by atoms with E-state index in [0.717, 1.165) is 6.42 Å². The lowest BCUT2D eigenvalue weighted by Crippen LogP contribution is -2.37. The zero-order valence-corrected chi connectivity index (χ0v) is 11.9. The van der Waals surface area contributed by atoms with Crippen LogP contribution in [0.2, 0.25) is 0 Å². The Bertz CT molecular complexity index is 328. The third kappa shape index (κ3) is 10.3. The van der Waals surface area contributed by atoms with Crippen molar-refractivity contribution in [3.05, 3.63) is 0 Å². The molecule has 0 aromatic heterocycles. The van der Waals surface area contributed by atoms with Gasteiger partial charge in [0, 0.05) is 31.3 Å². The van der Waals surface area contributed by atoms with Crippen molar-refractivity contribution >= 4 is 15.7 Å². The quantitative estimate of drug-likeness (QED) is 0.662. The first kappa shape index (κ1) is 16.4. The van der Waals surface area contributed by atoms with Gasteiger partial charge < -0.3 is 10.6 Å². The molecule has 6 heteroatoms. The van der Waals surface area contributed by atoms with Crippen molar-refractivity contribution in [1.29, 1.82) is 0 Å². The zero-order chi connectivity index (χ0) is 13.5. The van der Waals surface area contributed by atoms with Crippen molar-refractivity contribution in [2.45, 2.75) is 45.7 Å². The maximum absolute atomic E-state index is 11.4. The van der Waals surface area contributed by atoms with Gasteiger partial charge >= 0.3 is 0 Å². The molecule has 2 unspecified atom stereocenters. The van der Waals surface area contributed by atoms with Crippen LogP contribution in [0.25, 0.3) is 0 Å². The van der Waals surface area contributed by atoms with E-state index in [1.807, 2.05) is 13.8 Å². The van der Waals surface area contributed by atoms with E-state index in [0.29, 0.717) is 13.0 Å². The number of sulfone groups is 1. The van der Waals surface area contributed by atoms with Crippen LogP contribution in [0.1, 0.15) is 33.6 Å². The molecule has 0 aromatic carbocycles. The minimum absolute atomic E-state index is 0.00148. The predicted molar refractivity (Wildman–Crippen MR) is 69.7 cm³/mol. The lowest BCUT2D eigenvalue weighted by molar-refractivity contribution is -0.121. The van der Waals surface area contributed by atoms with Crippen LogP contribution >= 0.6 is 0 Å². The van der Waals surface area contributed by atoms with Crippen molar-refractivity contribution in [3.8, 4) is 0 Å². The molecule has 0 saturated heterocycles. The Morgan fingerprint density at radius 2 is 1.82 bits per heavy atom. The van der Waals surface area contributed by atoms with E-state index < -0.39 is 9.84 Å². The van der Waals surface area contributed by atoms with Crippen LogP contribution < -0.4 is 10.6 Å². The average molecular weight is 264 g/mol. The first-order valence-corrected chi connectivity index (χ1v) is 8.01. The summed E-state index contributed by atoms with van der Waals surface area (Å²) in [5.41, 5.74) is 0. The Morgan fingerprint density at radius 1 is 1.24 bits per heavy atom.